The normalized spacial score (nSPS) is 10.8. The zero-order valence-electron chi connectivity index (χ0n) is 10.9. The van der Waals surface area contributed by atoms with Crippen molar-refractivity contribution in [3.8, 4) is 10.6 Å². The van der Waals surface area contributed by atoms with Crippen molar-refractivity contribution in [2.24, 2.45) is 0 Å². The highest BCUT2D eigenvalue weighted by atomic mass is 32.1. The largest absolute Gasteiger partial charge is 0.380 e. The van der Waals surface area contributed by atoms with Crippen LogP contribution in [-0.2, 0) is 11.3 Å². The van der Waals surface area contributed by atoms with E-state index in [2.05, 4.69) is 10.3 Å². The number of benzene rings is 1. The second-order valence-corrected chi connectivity index (χ2v) is 4.88. The van der Waals surface area contributed by atoms with Gasteiger partial charge in [0.25, 0.3) is 0 Å². The van der Waals surface area contributed by atoms with Crippen LogP contribution in [0.25, 0.3) is 10.6 Å². The molecule has 0 saturated heterocycles. The Morgan fingerprint density at radius 1 is 1.32 bits per heavy atom. The first-order chi connectivity index (χ1) is 9.29. The maximum Gasteiger partial charge on any atom is 0.123 e. The fraction of sp³-hybridized carbons (Fsp3) is 0.357. The Morgan fingerprint density at radius 3 is 2.84 bits per heavy atom. The summed E-state index contributed by atoms with van der Waals surface area (Å²) in [6.07, 6.45) is 0. The van der Waals surface area contributed by atoms with Gasteiger partial charge in [-0.05, 0) is 31.2 Å². The lowest BCUT2D eigenvalue weighted by atomic mass is 10.2. The van der Waals surface area contributed by atoms with E-state index in [1.165, 1.54) is 12.1 Å². The SMILES string of the molecule is CCOCCNCc1csc(-c2ccc(F)cc2)n1. The molecule has 1 heterocycles. The Morgan fingerprint density at radius 2 is 2.11 bits per heavy atom. The minimum absolute atomic E-state index is 0.224. The first-order valence-corrected chi connectivity index (χ1v) is 7.16. The van der Waals surface area contributed by atoms with Gasteiger partial charge in [-0.25, -0.2) is 9.37 Å². The Kier molecular flexibility index (Phi) is 5.44. The Balaban J connectivity index is 1.86. The Bertz CT molecular complexity index is 498. The van der Waals surface area contributed by atoms with Gasteiger partial charge in [-0.1, -0.05) is 0 Å². The van der Waals surface area contributed by atoms with E-state index in [4.69, 9.17) is 4.74 Å². The van der Waals surface area contributed by atoms with Crippen molar-refractivity contribution in [1.29, 1.82) is 0 Å². The molecule has 0 atom stereocenters. The van der Waals surface area contributed by atoms with Crippen LogP contribution in [-0.4, -0.2) is 24.7 Å². The molecule has 0 bridgehead atoms. The van der Waals surface area contributed by atoms with E-state index in [0.717, 1.165) is 36.0 Å². The molecule has 19 heavy (non-hydrogen) atoms. The van der Waals surface area contributed by atoms with E-state index in [1.807, 2.05) is 12.3 Å². The van der Waals surface area contributed by atoms with Gasteiger partial charge in [-0.15, -0.1) is 11.3 Å². The quantitative estimate of drug-likeness (QED) is 0.791. The topological polar surface area (TPSA) is 34.1 Å². The highest BCUT2D eigenvalue weighted by Gasteiger charge is 2.04. The third-order valence-corrected chi connectivity index (χ3v) is 3.52. The van der Waals surface area contributed by atoms with E-state index < -0.39 is 0 Å². The molecule has 0 aliphatic carbocycles. The third kappa shape index (κ3) is 4.38. The summed E-state index contributed by atoms with van der Waals surface area (Å²) in [5, 5.41) is 6.21. The van der Waals surface area contributed by atoms with Gasteiger partial charge in [-0.3, -0.25) is 0 Å². The minimum Gasteiger partial charge on any atom is -0.380 e. The van der Waals surface area contributed by atoms with Crippen LogP contribution in [0.3, 0.4) is 0 Å². The molecule has 102 valence electrons. The molecular formula is C14H17FN2OS. The van der Waals surface area contributed by atoms with Crippen LogP contribution in [0.1, 0.15) is 12.6 Å². The van der Waals surface area contributed by atoms with Crippen LogP contribution >= 0.6 is 11.3 Å². The molecular weight excluding hydrogens is 263 g/mol. The first-order valence-electron chi connectivity index (χ1n) is 6.28. The maximum absolute atomic E-state index is 12.8. The molecule has 0 saturated carbocycles. The summed E-state index contributed by atoms with van der Waals surface area (Å²) in [6.45, 7) is 4.98. The van der Waals surface area contributed by atoms with Crippen LogP contribution in [0, 0.1) is 5.82 Å². The molecule has 1 N–H and O–H groups in total. The monoisotopic (exact) mass is 280 g/mol. The first kappa shape index (κ1) is 14.1. The van der Waals surface area contributed by atoms with Crippen LogP contribution in [0.5, 0.6) is 0 Å². The summed E-state index contributed by atoms with van der Waals surface area (Å²) in [5.74, 6) is -0.224. The molecule has 0 unspecified atom stereocenters. The summed E-state index contributed by atoms with van der Waals surface area (Å²) in [4.78, 5) is 4.52. The van der Waals surface area contributed by atoms with E-state index in [9.17, 15) is 4.39 Å². The number of aromatic nitrogens is 1. The van der Waals surface area contributed by atoms with E-state index in [-0.39, 0.29) is 5.82 Å². The van der Waals surface area contributed by atoms with Gasteiger partial charge in [0.1, 0.15) is 10.8 Å². The average Bonchev–Trinajstić information content (AvgIpc) is 2.88. The number of thiazole rings is 1. The average molecular weight is 280 g/mol. The molecule has 2 rings (SSSR count). The van der Waals surface area contributed by atoms with Crippen molar-refractivity contribution in [1.82, 2.24) is 10.3 Å². The van der Waals surface area contributed by atoms with Crippen LogP contribution in [0.2, 0.25) is 0 Å². The summed E-state index contributed by atoms with van der Waals surface area (Å²) in [7, 11) is 0. The van der Waals surface area contributed by atoms with E-state index >= 15 is 0 Å². The van der Waals surface area contributed by atoms with Crippen LogP contribution in [0.15, 0.2) is 29.6 Å². The fourth-order valence-electron chi connectivity index (χ4n) is 1.62. The van der Waals surface area contributed by atoms with Crippen molar-refractivity contribution >= 4 is 11.3 Å². The van der Waals surface area contributed by atoms with Gasteiger partial charge in [0, 0.05) is 30.6 Å². The van der Waals surface area contributed by atoms with Gasteiger partial charge < -0.3 is 10.1 Å². The molecule has 1 aromatic heterocycles. The van der Waals surface area contributed by atoms with Gasteiger partial charge in [0.05, 0.1) is 12.3 Å². The second-order valence-electron chi connectivity index (χ2n) is 4.02. The van der Waals surface area contributed by atoms with Crippen molar-refractivity contribution in [2.75, 3.05) is 19.8 Å². The number of hydrogen-bond donors (Lipinski definition) is 1. The summed E-state index contributed by atoms with van der Waals surface area (Å²) >= 11 is 1.57. The van der Waals surface area contributed by atoms with Crippen molar-refractivity contribution in [3.63, 3.8) is 0 Å². The molecule has 2 aromatic rings. The fourth-order valence-corrected chi connectivity index (χ4v) is 2.44. The van der Waals surface area contributed by atoms with Crippen molar-refractivity contribution in [3.05, 3.63) is 41.2 Å². The number of nitrogens with one attached hydrogen (secondary N) is 1. The molecule has 0 aliphatic heterocycles. The lowest BCUT2D eigenvalue weighted by Crippen LogP contribution is -2.19. The predicted molar refractivity (Wildman–Crippen MR) is 75.7 cm³/mol. The van der Waals surface area contributed by atoms with Gasteiger partial charge in [-0.2, -0.15) is 0 Å². The van der Waals surface area contributed by atoms with Crippen LogP contribution < -0.4 is 5.32 Å². The van der Waals surface area contributed by atoms with Crippen molar-refractivity contribution in [2.45, 2.75) is 13.5 Å². The Labute approximate surface area is 116 Å². The number of ether oxygens (including phenoxy) is 1. The highest BCUT2D eigenvalue weighted by molar-refractivity contribution is 7.13. The number of halogens is 1. The minimum atomic E-state index is -0.224. The molecule has 0 fully saturated rings. The standard InChI is InChI=1S/C14H17FN2OS/c1-2-18-8-7-16-9-13-10-19-14(17-13)11-3-5-12(15)6-4-11/h3-6,10,16H,2,7-9H2,1H3. The maximum atomic E-state index is 12.8. The molecule has 0 spiro atoms. The zero-order chi connectivity index (χ0) is 13.5. The second kappa shape index (κ2) is 7.33. The van der Waals surface area contributed by atoms with Gasteiger partial charge in [0.2, 0.25) is 0 Å². The summed E-state index contributed by atoms with van der Waals surface area (Å²) in [6, 6.07) is 6.41. The predicted octanol–water partition coefficient (Wildman–Crippen LogP) is 3.08. The zero-order valence-corrected chi connectivity index (χ0v) is 11.7. The lowest BCUT2D eigenvalue weighted by molar-refractivity contribution is 0.149. The molecule has 0 radical (unpaired) electrons. The van der Waals surface area contributed by atoms with Gasteiger partial charge >= 0.3 is 0 Å². The smallest absolute Gasteiger partial charge is 0.123 e. The molecule has 0 amide bonds. The van der Waals surface area contributed by atoms with Gasteiger partial charge in [0.15, 0.2) is 0 Å². The molecule has 1 aromatic carbocycles. The number of hydrogen-bond acceptors (Lipinski definition) is 4. The number of nitrogens with zero attached hydrogens (tertiary/aromatic N) is 1. The third-order valence-electron chi connectivity index (χ3n) is 2.58. The van der Waals surface area contributed by atoms with Crippen molar-refractivity contribution < 1.29 is 9.13 Å². The molecule has 3 nitrogen and oxygen atoms in total. The molecule has 0 aliphatic rings. The number of rotatable bonds is 7. The Hall–Kier alpha value is -1.30. The van der Waals surface area contributed by atoms with E-state index in [1.54, 1.807) is 23.5 Å². The van der Waals surface area contributed by atoms with E-state index in [0.29, 0.717) is 6.61 Å². The van der Waals surface area contributed by atoms with Crippen LogP contribution in [0.4, 0.5) is 4.39 Å². The highest BCUT2D eigenvalue weighted by Crippen LogP contribution is 2.23. The lowest BCUT2D eigenvalue weighted by Gasteiger charge is -2.02. The molecule has 5 heteroatoms. The summed E-state index contributed by atoms with van der Waals surface area (Å²) < 4.78 is 18.1. The summed E-state index contributed by atoms with van der Waals surface area (Å²) in [5.41, 5.74) is 1.95.